The Labute approximate surface area is 201 Å². The number of anilines is 1. The zero-order valence-corrected chi connectivity index (χ0v) is 20.0. The minimum atomic E-state index is -0.149. The molecule has 0 saturated carbocycles. The van der Waals surface area contributed by atoms with Crippen molar-refractivity contribution >= 4 is 45.9 Å². The van der Waals surface area contributed by atoms with E-state index in [-0.39, 0.29) is 12.7 Å². The van der Waals surface area contributed by atoms with Crippen molar-refractivity contribution in [2.45, 2.75) is 32.4 Å². The maximum Gasteiger partial charge on any atom is 0.283 e. The summed E-state index contributed by atoms with van der Waals surface area (Å²) >= 11 is 3.22. The van der Waals surface area contributed by atoms with Gasteiger partial charge in [-0.05, 0) is 55.7 Å². The molecule has 6 nitrogen and oxygen atoms in total. The molecular formula is C25H23N3O3S2. The molecule has 0 atom stereocenters. The molecule has 0 saturated heterocycles. The fraction of sp³-hybridized carbons (Fsp3) is 0.240. The van der Waals surface area contributed by atoms with Crippen LogP contribution in [-0.4, -0.2) is 22.9 Å². The molecule has 168 valence electrons. The normalized spacial score (nSPS) is 16.1. The van der Waals surface area contributed by atoms with Crippen LogP contribution in [0.4, 0.5) is 5.69 Å². The second kappa shape index (κ2) is 9.41. The van der Waals surface area contributed by atoms with Crippen molar-refractivity contribution in [2.24, 2.45) is 4.99 Å². The third-order valence-corrected chi connectivity index (χ3v) is 7.16. The highest BCUT2D eigenvalue weighted by atomic mass is 32.2. The summed E-state index contributed by atoms with van der Waals surface area (Å²) in [5, 5.41) is 3.90. The van der Waals surface area contributed by atoms with Crippen LogP contribution in [0.25, 0.3) is 6.08 Å². The number of amidine groups is 1. The number of rotatable bonds is 6. The van der Waals surface area contributed by atoms with Crippen LogP contribution in [0.15, 0.2) is 58.5 Å². The molecule has 5 rings (SSSR count). The molecule has 2 aliphatic heterocycles. The standard InChI is InChI=1S/C25H23N3O3S2/c1-3-4-23-26-18(13-32-23)14-33-25-27-20(11-17-7-10-21-22(12-17)31-15-30-21)24(29)28(25)19-8-5-16(2)6-9-19/h5-13H,3-4,14-15H2,1-2H3. The van der Waals surface area contributed by atoms with Gasteiger partial charge < -0.3 is 9.47 Å². The van der Waals surface area contributed by atoms with Crippen molar-refractivity contribution in [3.05, 3.63) is 75.4 Å². The maximum absolute atomic E-state index is 13.4. The van der Waals surface area contributed by atoms with E-state index in [1.807, 2.05) is 49.4 Å². The lowest BCUT2D eigenvalue weighted by atomic mass is 10.1. The van der Waals surface area contributed by atoms with E-state index in [1.165, 1.54) is 11.8 Å². The van der Waals surface area contributed by atoms with E-state index in [0.717, 1.165) is 40.4 Å². The molecule has 3 aromatic rings. The van der Waals surface area contributed by atoms with Gasteiger partial charge in [-0.3, -0.25) is 9.69 Å². The molecule has 0 N–H and O–H groups in total. The molecular weight excluding hydrogens is 454 g/mol. The number of ether oxygens (including phenoxy) is 2. The van der Waals surface area contributed by atoms with E-state index >= 15 is 0 Å². The van der Waals surface area contributed by atoms with Crippen LogP contribution < -0.4 is 14.4 Å². The van der Waals surface area contributed by atoms with E-state index in [4.69, 9.17) is 19.5 Å². The topological polar surface area (TPSA) is 64.0 Å². The largest absolute Gasteiger partial charge is 0.454 e. The first-order valence-corrected chi connectivity index (χ1v) is 12.6. The second-order valence-corrected chi connectivity index (χ2v) is 9.67. The molecule has 0 fully saturated rings. The Morgan fingerprint density at radius 2 is 1.97 bits per heavy atom. The summed E-state index contributed by atoms with van der Waals surface area (Å²) in [6, 6.07) is 13.5. The van der Waals surface area contributed by atoms with Gasteiger partial charge in [0.2, 0.25) is 6.79 Å². The van der Waals surface area contributed by atoms with Crippen molar-refractivity contribution in [3.63, 3.8) is 0 Å². The Balaban J connectivity index is 1.43. The number of carbonyl (C=O) groups is 1. The van der Waals surface area contributed by atoms with Crippen molar-refractivity contribution in [1.29, 1.82) is 0 Å². The van der Waals surface area contributed by atoms with E-state index in [0.29, 0.717) is 28.1 Å². The number of thiazole rings is 1. The highest BCUT2D eigenvalue weighted by molar-refractivity contribution is 8.13. The summed E-state index contributed by atoms with van der Waals surface area (Å²) in [5.74, 6) is 1.90. The molecule has 0 aliphatic carbocycles. The Morgan fingerprint density at radius 1 is 1.15 bits per heavy atom. The smallest absolute Gasteiger partial charge is 0.283 e. The van der Waals surface area contributed by atoms with Gasteiger partial charge in [0.1, 0.15) is 5.70 Å². The zero-order chi connectivity index (χ0) is 22.8. The molecule has 0 spiro atoms. The highest BCUT2D eigenvalue weighted by Crippen LogP contribution is 2.35. The van der Waals surface area contributed by atoms with E-state index < -0.39 is 0 Å². The summed E-state index contributed by atoms with van der Waals surface area (Å²) in [7, 11) is 0. The molecule has 0 radical (unpaired) electrons. The monoisotopic (exact) mass is 477 g/mol. The van der Waals surface area contributed by atoms with Crippen LogP contribution in [0.3, 0.4) is 0 Å². The highest BCUT2D eigenvalue weighted by Gasteiger charge is 2.32. The number of aryl methyl sites for hydroxylation is 2. The van der Waals surface area contributed by atoms with Gasteiger partial charge in [0, 0.05) is 11.1 Å². The van der Waals surface area contributed by atoms with Gasteiger partial charge in [0.25, 0.3) is 5.91 Å². The summed E-state index contributed by atoms with van der Waals surface area (Å²) in [5.41, 5.74) is 4.18. The Kier molecular flexibility index (Phi) is 6.20. The predicted octanol–water partition coefficient (Wildman–Crippen LogP) is 5.81. The molecule has 8 heteroatoms. The first-order valence-electron chi connectivity index (χ1n) is 10.8. The fourth-order valence-corrected chi connectivity index (χ4v) is 5.47. The number of carbonyl (C=O) groups excluding carboxylic acids is 1. The van der Waals surface area contributed by atoms with Gasteiger partial charge >= 0.3 is 0 Å². The maximum atomic E-state index is 13.4. The summed E-state index contributed by atoms with van der Waals surface area (Å²) in [6.45, 7) is 4.40. The summed E-state index contributed by atoms with van der Waals surface area (Å²) < 4.78 is 10.9. The lowest BCUT2D eigenvalue weighted by Crippen LogP contribution is -2.30. The summed E-state index contributed by atoms with van der Waals surface area (Å²) in [4.78, 5) is 24.5. The quantitative estimate of drug-likeness (QED) is 0.419. The minimum Gasteiger partial charge on any atom is -0.454 e. The SMILES string of the molecule is CCCc1nc(CSC2=NC(=Cc3ccc4c(c3)OCO4)C(=O)N2c2ccc(C)cc2)cs1. The average Bonchev–Trinajstić information content (AvgIpc) is 3.53. The molecule has 0 bridgehead atoms. The molecule has 2 aliphatic rings. The molecule has 3 heterocycles. The van der Waals surface area contributed by atoms with Crippen molar-refractivity contribution in [3.8, 4) is 11.5 Å². The number of aliphatic imine (C=N–C) groups is 1. The lowest BCUT2D eigenvalue weighted by Gasteiger charge is -2.17. The number of aromatic nitrogens is 1. The van der Waals surface area contributed by atoms with Crippen LogP contribution in [0.2, 0.25) is 0 Å². The predicted molar refractivity (Wildman–Crippen MR) is 134 cm³/mol. The Hall–Kier alpha value is -3.10. The lowest BCUT2D eigenvalue weighted by molar-refractivity contribution is -0.113. The number of hydrogen-bond acceptors (Lipinski definition) is 7. The molecule has 1 amide bonds. The molecule has 2 aromatic carbocycles. The van der Waals surface area contributed by atoms with Crippen molar-refractivity contribution in [1.82, 2.24) is 4.98 Å². The van der Waals surface area contributed by atoms with E-state index in [9.17, 15) is 4.79 Å². The number of amides is 1. The van der Waals surface area contributed by atoms with E-state index in [2.05, 4.69) is 12.3 Å². The van der Waals surface area contributed by atoms with Gasteiger partial charge in [-0.15, -0.1) is 11.3 Å². The Bertz CT molecular complexity index is 1250. The number of benzene rings is 2. The molecule has 1 aromatic heterocycles. The van der Waals surface area contributed by atoms with Crippen molar-refractivity contribution < 1.29 is 14.3 Å². The number of nitrogens with zero attached hydrogens (tertiary/aromatic N) is 3. The zero-order valence-electron chi connectivity index (χ0n) is 18.4. The van der Waals surface area contributed by atoms with Crippen molar-refractivity contribution in [2.75, 3.05) is 11.7 Å². The number of fused-ring (bicyclic) bond motifs is 1. The first-order chi connectivity index (χ1) is 16.1. The van der Waals surface area contributed by atoms with E-state index in [1.54, 1.807) is 22.3 Å². The molecule has 0 unspecified atom stereocenters. The van der Waals surface area contributed by atoms with Crippen LogP contribution in [0.5, 0.6) is 11.5 Å². The average molecular weight is 478 g/mol. The first kappa shape index (κ1) is 21.7. The van der Waals surface area contributed by atoms with Crippen LogP contribution in [0.1, 0.15) is 35.2 Å². The van der Waals surface area contributed by atoms with Crippen LogP contribution >= 0.6 is 23.1 Å². The van der Waals surface area contributed by atoms with Gasteiger partial charge in [-0.25, -0.2) is 9.98 Å². The Morgan fingerprint density at radius 3 is 2.79 bits per heavy atom. The van der Waals surface area contributed by atoms with Gasteiger partial charge in [0.15, 0.2) is 16.7 Å². The third-order valence-electron chi connectivity index (χ3n) is 5.23. The van der Waals surface area contributed by atoms with Crippen LogP contribution in [0, 0.1) is 6.92 Å². The van der Waals surface area contributed by atoms with Gasteiger partial charge in [-0.1, -0.05) is 42.4 Å². The summed E-state index contributed by atoms with van der Waals surface area (Å²) in [6.07, 6.45) is 3.87. The van der Waals surface area contributed by atoms with Crippen LogP contribution in [-0.2, 0) is 17.0 Å². The number of hydrogen-bond donors (Lipinski definition) is 0. The number of thioether (sulfide) groups is 1. The van der Waals surface area contributed by atoms with Gasteiger partial charge in [0.05, 0.1) is 16.4 Å². The second-order valence-electron chi connectivity index (χ2n) is 7.78. The third kappa shape index (κ3) is 4.67. The molecule has 33 heavy (non-hydrogen) atoms. The van der Waals surface area contributed by atoms with Gasteiger partial charge in [-0.2, -0.15) is 0 Å². The minimum absolute atomic E-state index is 0.149. The fourth-order valence-electron chi connectivity index (χ4n) is 3.56.